The average Bonchev–Trinajstić information content (AvgIpc) is 3.35. The predicted molar refractivity (Wildman–Crippen MR) is 115 cm³/mol. The molecular formula is C22H27N3O3S. The van der Waals surface area contributed by atoms with Crippen molar-refractivity contribution in [3.8, 4) is 0 Å². The molecular weight excluding hydrogens is 386 g/mol. The van der Waals surface area contributed by atoms with Gasteiger partial charge in [-0.1, -0.05) is 25.0 Å². The standard InChI is InChI=1S/C22H27N3O3S/c1-15-10-16(2)12-17(11-15)25-21(28)20(27)23-13-19(26)24-14-22(7-3-4-8-22)18-6-5-9-29-18/h5-6,9-12H,3-4,7-8,13-14H2,1-2H3,(H,23,27)(H,24,26)(H,25,28). The van der Waals surface area contributed by atoms with Crippen LogP contribution in [-0.4, -0.2) is 30.8 Å². The Morgan fingerprint density at radius 3 is 2.31 bits per heavy atom. The Kier molecular flexibility index (Phi) is 6.69. The first-order valence-electron chi connectivity index (χ1n) is 9.86. The van der Waals surface area contributed by atoms with Gasteiger partial charge in [0, 0.05) is 22.5 Å². The van der Waals surface area contributed by atoms with Gasteiger partial charge in [0.1, 0.15) is 0 Å². The molecule has 6 nitrogen and oxygen atoms in total. The molecule has 0 saturated heterocycles. The number of aryl methyl sites for hydroxylation is 2. The van der Waals surface area contributed by atoms with E-state index in [0.717, 1.165) is 36.8 Å². The van der Waals surface area contributed by atoms with Gasteiger partial charge in [0.25, 0.3) is 0 Å². The van der Waals surface area contributed by atoms with Crippen molar-refractivity contribution < 1.29 is 14.4 Å². The molecule has 0 atom stereocenters. The first kappa shape index (κ1) is 21.0. The van der Waals surface area contributed by atoms with Gasteiger partial charge in [-0.2, -0.15) is 0 Å². The molecule has 0 spiro atoms. The predicted octanol–water partition coefficient (Wildman–Crippen LogP) is 3.05. The highest BCUT2D eigenvalue weighted by Crippen LogP contribution is 2.42. The van der Waals surface area contributed by atoms with Crippen molar-refractivity contribution >= 4 is 34.7 Å². The lowest BCUT2D eigenvalue weighted by atomic mass is 9.84. The number of hydrogen-bond donors (Lipinski definition) is 3. The molecule has 1 aromatic carbocycles. The maximum Gasteiger partial charge on any atom is 0.313 e. The van der Waals surface area contributed by atoms with Gasteiger partial charge < -0.3 is 16.0 Å². The Balaban J connectivity index is 1.47. The molecule has 1 fully saturated rings. The van der Waals surface area contributed by atoms with Crippen LogP contribution in [0.4, 0.5) is 5.69 Å². The number of amides is 3. The molecule has 0 bridgehead atoms. The van der Waals surface area contributed by atoms with E-state index >= 15 is 0 Å². The van der Waals surface area contributed by atoms with Crippen LogP contribution in [0.3, 0.4) is 0 Å². The number of hydrogen-bond acceptors (Lipinski definition) is 4. The van der Waals surface area contributed by atoms with Crippen LogP contribution in [0.5, 0.6) is 0 Å². The van der Waals surface area contributed by atoms with E-state index < -0.39 is 11.8 Å². The molecule has 0 aliphatic heterocycles. The maximum atomic E-state index is 12.2. The van der Waals surface area contributed by atoms with E-state index in [4.69, 9.17) is 0 Å². The molecule has 1 aliphatic rings. The number of rotatable bonds is 6. The third kappa shape index (κ3) is 5.44. The fourth-order valence-corrected chi connectivity index (χ4v) is 4.94. The second-order valence-corrected chi connectivity index (χ2v) is 8.70. The van der Waals surface area contributed by atoms with Crippen LogP contribution in [0, 0.1) is 13.8 Å². The fraction of sp³-hybridized carbons (Fsp3) is 0.409. The average molecular weight is 414 g/mol. The van der Waals surface area contributed by atoms with Gasteiger partial charge in [0.2, 0.25) is 5.91 Å². The first-order chi connectivity index (χ1) is 13.9. The van der Waals surface area contributed by atoms with Gasteiger partial charge >= 0.3 is 11.8 Å². The van der Waals surface area contributed by atoms with Gasteiger partial charge in [-0.05, 0) is 61.4 Å². The summed E-state index contributed by atoms with van der Waals surface area (Å²) in [5, 5.41) is 9.96. The molecule has 1 saturated carbocycles. The monoisotopic (exact) mass is 413 g/mol. The molecule has 7 heteroatoms. The van der Waals surface area contributed by atoms with Gasteiger partial charge in [0.05, 0.1) is 6.54 Å². The molecule has 29 heavy (non-hydrogen) atoms. The Hall–Kier alpha value is -2.67. The van der Waals surface area contributed by atoms with E-state index in [1.165, 1.54) is 4.88 Å². The van der Waals surface area contributed by atoms with E-state index in [0.29, 0.717) is 12.2 Å². The van der Waals surface area contributed by atoms with Gasteiger partial charge in [-0.15, -0.1) is 11.3 Å². The van der Waals surface area contributed by atoms with Gasteiger partial charge in [-0.25, -0.2) is 0 Å². The summed E-state index contributed by atoms with van der Waals surface area (Å²) in [4.78, 5) is 37.6. The fourth-order valence-electron chi connectivity index (χ4n) is 3.95. The van der Waals surface area contributed by atoms with E-state index in [1.807, 2.05) is 26.0 Å². The normalized spacial score (nSPS) is 15.0. The van der Waals surface area contributed by atoms with Crippen molar-refractivity contribution in [3.05, 3.63) is 51.7 Å². The van der Waals surface area contributed by atoms with Crippen molar-refractivity contribution in [2.75, 3.05) is 18.4 Å². The lowest BCUT2D eigenvalue weighted by Gasteiger charge is -2.28. The summed E-state index contributed by atoms with van der Waals surface area (Å²) in [6.07, 6.45) is 4.42. The van der Waals surface area contributed by atoms with E-state index in [2.05, 4.69) is 27.4 Å². The largest absolute Gasteiger partial charge is 0.354 e. The summed E-state index contributed by atoms with van der Waals surface area (Å²) in [6, 6.07) is 9.72. The zero-order valence-electron chi connectivity index (χ0n) is 16.8. The molecule has 0 radical (unpaired) electrons. The van der Waals surface area contributed by atoms with Crippen molar-refractivity contribution in [1.29, 1.82) is 0 Å². The summed E-state index contributed by atoms with van der Waals surface area (Å²) >= 11 is 1.72. The molecule has 3 rings (SSSR count). The highest BCUT2D eigenvalue weighted by molar-refractivity contribution is 7.10. The molecule has 3 amide bonds. The molecule has 154 valence electrons. The SMILES string of the molecule is Cc1cc(C)cc(NC(=O)C(=O)NCC(=O)NCC2(c3cccs3)CCCC2)c1. The highest BCUT2D eigenvalue weighted by atomic mass is 32.1. The van der Waals surface area contributed by atoms with Crippen LogP contribution in [0.1, 0.15) is 41.7 Å². The van der Waals surface area contributed by atoms with Crippen molar-refractivity contribution in [2.24, 2.45) is 0 Å². The van der Waals surface area contributed by atoms with Crippen LogP contribution < -0.4 is 16.0 Å². The zero-order chi connectivity index (χ0) is 20.9. The minimum absolute atomic E-state index is 0.00571. The minimum atomic E-state index is -0.826. The number of carbonyl (C=O) groups is 3. The molecule has 0 unspecified atom stereocenters. The lowest BCUT2D eigenvalue weighted by molar-refractivity contribution is -0.136. The van der Waals surface area contributed by atoms with Crippen LogP contribution in [0.25, 0.3) is 0 Å². The van der Waals surface area contributed by atoms with Crippen LogP contribution in [0.15, 0.2) is 35.7 Å². The summed E-state index contributed by atoms with van der Waals surface area (Å²) in [5.74, 6) is -1.90. The Bertz CT molecular complexity index is 866. The molecule has 3 N–H and O–H groups in total. The van der Waals surface area contributed by atoms with E-state index in [-0.39, 0.29) is 17.9 Å². The third-order valence-corrected chi connectivity index (χ3v) is 6.44. The summed E-state index contributed by atoms with van der Waals surface area (Å²) in [5.41, 5.74) is 2.54. The number of nitrogens with one attached hydrogen (secondary N) is 3. The second-order valence-electron chi connectivity index (χ2n) is 7.75. The summed E-state index contributed by atoms with van der Waals surface area (Å²) < 4.78 is 0. The van der Waals surface area contributed by atoms with Gasteiger partial charge in [-0.3, -0.25) is 14.4 Å². The topological polar surface area (TPSA) is 87.3 Å². The quantitative estimate of drug-likeness (QED) is 0.636. The Morgan fingerprint density at radius 1 is 1.00 bits per heavy atom. The summed E-state index contributed by atoms with van der Waals surface area (Å²) in [6.45, 7) is 4.16. The van der Waals surface area contributed by atoms with E-state index in [1.54, 1.807) is 23.5 Å². The molecule has 2 aromatic rings. The first-order valence-corrected chi connectivity index (χ1v) is 10.7. The molecule has 1 aliphatic carbocycles. The molecule has 1 heterocycles. The van der Waals surface area contributed by atoms with Crippen molar-refractivity contribution in [2.45, 2.75) is 44.9 Å². The van der Waals surface area contributed by atoms with Crippen LogP contribution in [-0.2, 0) is 19.8 Å². The smallest absolute Gasteiger partial charge is 0.313 e. The van der Waals surface area contributed by atoms with Crippen LogP contribution in [0.2, 0.25) is 0 Å². The third-order valence-electron chi connectivity index (χ3n) is 5.32. The van der Waals surface area contributed by atoms with Crippen molar-refractivity contribution in [1.82, 2.24) is 10.6 Å². The second kappa shape index (κ2) is 9.22. The number of benzene rings is 1. The van der Waals surface area contributed by atoms with Gasteiger partial charge in [0.15, 0.2) is 0 Å². The zero-order valence-corrected chi connectivity index (χ0v) is 17.7. The number of anilines is 1. The molecule has 1 aromatic heterocycles. The number of thiophene rings is 1. The van der Waals surface area contributed by atoms with Crippen LogP contribution >= 0.6 is 11.3 Å². The maximum absolute atomic E-state index is 12.2. The van der Waals surface area contributed by atoms with Crippen molar-refractivity contribution in [3.63, 3.8) is 0 Å². The lowest BCUT2D eigenvalue weighted by Crippen LogP contribution is -2.45. The van der Waals surface area contributed by atoms with E-state index in [9.17, 15) is 14.4 Å². The minimum Gasteiger partial charge on any atom is -0.354 e. The summed E-state index contributed by atoms with van der Waals surface area (Å²) in [7, 11) is 0. The number of carbonyl (C=O) groups excluding carboxylic acids is 3. The Labute approximate surface area is 175 Å². The Morgan fingerprint density at radius 2 is 1.69 bits per heavy atom. The highest BCUT2D eigenvalue weighted by Gasteiger charge is 2.36.